The first-order valence-corrected chi connectivity index (χ1v) is 5.20. The van der Waals surface area contributed by atoms with Crippen LogP contribution in [0.1, 0.15) is 24.2 Å². The average Bonchev–Trinajstić information content (AvgIpc) is 2.36. The Morgan fingerprint density at radius 3 is 1.89 bits per heavy atom. The Morgan fingerprint density at radius 2 is 1.58 bits per heavy atom. The van der Waals surface area contributed by atoms with E-state index in [0.29, 0.717) is 5.06 Å². The molecule has 1 amide bonds. The highest BCUT2D eigenvalue weighted by Crippen LogP contribution is 2.23. The first-order chi connectivity index (χ1) is 8.73. The number of nitro groups is 2. The topological polar surface area (TPSA) is 127 Å². The quantitative estimate of drug-likeness (QED) is 0.503. The number of non-ortho nitro benzene ring substituents is 2. The Balaban J connectivity index is 3.31. The second kappa shape index (κ2) is 5.40. The van der Waals surface area contributed by atoms with Gasteiger partial charge in [-0.25, -0.2) is 5.06 Å². The van der Waals surface area contributed by atoms with Gasteiger partial charge in [-0.1, -0.05) is 0 Å². The SMILES string of the molecule is CC(C)N(O)C(=O)c1cc([N+](=O)[O-])cc([N+](=O)[O-])c1. The van der Waals surface area contributed by atoms with Crippen molar-refractivity contribution in [3.63, 3.8) is 0 Å². The lowest BCUT2D eigenvalue weighted by Crippen LogP contribution is -2.33. The van der Waals surface area contributed by atoms with Crippen molar-refractivity contribution in [1.82, 2.24) is 5.06 Å². The molecule has 1 rings (SSSR count). The molecular formula is C10H11N3O6. The van der Waals surface area contributed by atoms with E-state index in [-0.39, 0.29) is 5.56 Å². The summed E-state index contributed by atoms with van der Waals surface area (Å²) in [6, 6.07) is 1.93. The first kappa shape index (κ1) is 14.5. The molecule has 0 atom stereocenters. The van der Waals surface area contributed by atoms with Gasteiger partial charge in [0.1, 0.15) is 0 Å². The molecule has 9 heteroatoms. The molecule has 1 N–H and O–H groups in total. The van der Waals surface area contributed by atoms with Crippen LogP contribution in [0.4, 0.5) is 11.4 Å². The van der Waals surface area contributed by atoms with Gasteiger partial charge in [0.25, 0.3) is 17.3 Å². The monoisotopic (exact) mass is 269 g/mol. The highest BCUT2D eigenvalue weighted by atomic mass is 16.6. The Kier molecular flexibility index (Phi) is 4.12. The molecule has 0 aliphatic heterocycles. The summed E-state index contributed by atoms with van der Waals surface area (Å²) in [5.41, 5.74) is -1.50. The number of carbonyl (C=O) groups is 1. The van der Waals surface area contributed by atoms with E-state index in [2.05, 4.69) is 0 Å². The lowest BCUT2D eigenvalue weighted by molar-refractivity contribution is -0.394. The molecule has 0 aliphatic rings. The number of hydroxylamine groups is 2. The number of rotatable bonds is 4. The average molecular weight is 269 g/mol. The second-order valence-electron chi connectivity index (χ2n) is 4.00. The van der Waals surface area contributed by atoms with Gasteiger partial charge in [-0.15, -0.1) is 0 Å². The molecule has 1 aromatic rings. The third kappa shape index (κ3) is 3.22. The third-order valence-corrected chi connectivity index (χ3v) is 2.27. The maximum Gasteiger partial charge on any atom is 0.277 e. The van der Waals surface area contributed by atoms with Crippen LogP contribution in [0.25, 0.3) is 0 Å². The summed E-state index contributed by atoms with van der Waals surface area (Å²) >= 11 is 0. The van der Waals surface area contributed by atoms with Crippen LogP contribution in [0.3, 0.4) is 0 Å². The first-order valence-electron chi connectivity index (χ1n) is 5.20. The van der Waals surface area contributed by atoms with Crippen molar-refractivity contribution in [3.8, 4) is 0 Å². The van der Waals surface area contributed by atoms with Gasteiger partial charge < -0.3 is 0 Å². The van der Waals surface area contributed by atoms with E-state index in [0.717, 1.165) is 18.2 Å². The standard InChI is InChI=1S/C10H11N3O6/c1-6(2)11(15)10(14)7-3-8(12(16)17)5-9(4-7)13(18)19/h3-6,15H,1-2H3. The summed E-state index contributed by atoms with van der Waals surface area (Å²) in [5, 5.41) is 31.1. The predicted octanol–water partition coefficient (Wildman–Crippen LogP) is 1.74. The van der Waals surface area contributed by atoms with Gasteiger partial charge in [0.15, 0.2) is 0 Å². The highest BCUT2D eigenvalue weighted by Gasteiger charge is 2.23. The molecule has 0 saturated heterocycles. The summed E-state index contributed by atoms with van der Waals surface area (Å²) in [6.07, 6.45) is 0. The van der Waals surface area contributed by atoms with Crippen molar-refractivity contribution in [3.05, 3.63) is 44.0 Å². The third-order valence-electron chi connectivity index (χ3n) is 2.27. The van der Waals surface area contributed by atoms with E-state index in [1.54, 1.807) is 0 Å². The molecule has 9 nitrogen and oxygen atoms in total. The van der Waals surface area contributed by atoms with Crippen LogP contribution in [0.5, 0.6) is 0 Å². The maximum atomic E-state index is 11.8. The number of amides is 1. The minimum atomic E-state index is -0.943. The van der Waals surface area contributed by atoms with Crippen LogP contribution < -0.4 is 0 Å². The molecule has 0 spiro atoms. The van der Waals surface area contributed by atoms with Gasteiger partial charge >= 0.3 is 0 Å². The number of nitro benzene ring substituents is 2. The summed E-state index contributed by atoms with van der Waals surface area (Å²) in [5.74, 6) is -0.943. The maximum absolute atomic E-state index is 11.8. The molecule has 0 unspecified atom stereocenters. The van der Waals surface area contributed by atoms with Gasteiger partial charge in [0.2, 0.25) is 0 Å². The molecule has 0 heterocycles. The van der Waals surface area contributed by atoms with Crippen LogP contribution in [0.2, 0.25) is 0 Å². The fourth-order valence-electron chi connectivity index (χ4n) is 1.30. The predicted molar refractivity (Wildman–Crippen MR) is 62.8 cm³/mol. The largest absolute Gasteiger partial charge is 0.285 e. The summed E-state index contributed by atoms with van der Waals surface area (Å²) < 4.78 is 0. The number of benzene rings is 1. The number of carbonyl (C=O) groups excluding carboxylic acids is 1. The van der Waals surface area contributed by atoms with Crippen molar-refractivity contribution in [2.24, 2.45) is 0 Å². The van der Waals surface area contributed by atoms with E-state index < -0.39 is 33.2 Å². The molecule has 0 radical (unpaired) electrons. The van der Waals surface area contributed by atoms with Crippen LogP contribution in [0, 0.1) is 20.2 Å². The zero-order valence-electron chi connectivity index (χ0n) is 10.1. The van der Waals surface area contributed by atoms with Crippen molar-refractivity contribution < 1.29 is 19.8 Å². The van der Waals surface area contributed by atoms with Crippen molar-refractivity contribution >= 4 is 17.3 Å². The van der Waals surface area contributed by atoms with Gasteiger partial charge in [-0.3, -0.25) is 30.2 Å². The van der Waals surface area contributed by atoms with E-state index >= 15 is 0 Å². The van der Waals surface area contributed by atoms with Crippen molar-refractivity contribution in [1.29, 1.82) is 0 Å². The Bertz CT molecular complexity index is 510. The zero-order valence-corrected chi connectivity index (χ0v) is 10.1. The number of nitrogens with zero attached hydrogens (tertiary/aromatic N) is 3. The minimum Gasteiger partial charge on any atom is -0.285 e. The molecule has 1 aromatic carbocycles. The number of hydrogen-bond donors (Lipinski definition) is 1. The molecule has 0 aromatic heterocycles. The fraction of sp³-hybridized carbons (Fsp3) is 0.300. The lowest BCUT2D eigenvalue weighted by atomic mass is 10.1. The van der Waals surface area contributed by atoms with Crippen molar-refractivity contribution in [2.75, 3.05) is 0 Å². The molecule has 0 fully saturated rings. The Morgan fingerprint density at radius 1 is 1.16 bits per heavy atom. The Labute approximate surface area is 107 Å². The van der Waals surface area contributed by atoms with Gasteiger partial charge in [-0.2, -0.15) is 0 Å². The summed E-state index contributed by atoms with van der Waals surface area (Å²) in [4.78, 5) is 31.4. The molecule has 0 bridgehead atoms. The van der Waals surface area contributed by atoms with Crippen LogP contribution in [-0.2, 0) is 0 Å². The number of hydrogen-bond acceptors (Lipinski definition) is 6. The molecule has 102 valence electrons. The molecule has 0 saturated carbocycles. The minimum absolute atomic E-state index is 0.322. The van der Waals surface area contributed by atoms with Crippen molar-refractivity contribution in [2.45, 2.75) is 19.9 Å². The summed E-state index contributed by atoms with van der Waals surface area (Å²) in [7, 11) is 0. The molecular weight excluding hydrogens is 258 g/mol. The van der Waals surface area contributed by atoms with Gasteiger partial charge in [0, 0.05) is 12.1 Å². The lowest BCUT2D eigenvalue weighted by Gasteiger charge is -2.18. The van der Waals surface area contributed by atoms with Gasteiger partial charge in [-0.05, 0) is 13.8 Å². The van der Waals surface area contributed by atoms with E-state index in [9.17, 15) is 30.2 Å². The van der Waals surface area contributed by atoms with Crippen LogP contribution >= 0.6 is 0 Å². The van der Waals surface area contributed by atoms with Crippen LogP contribution in [-0.4, -0.2) is 32.1 Å². The molecule has 0 aliphatic carbocycles. The smallest absolute Gasteiger partial charge is 0.277 e. The second-order valence-corrected chi connectivity index (χ2v) is 4.00. The van der Waals surface area contributed by atoms with Gasteiger partial charge in [0.05, 0.1) is 27.5 Å². The summed E-state index contributed by atoms with van der Waals surface area (Å²) in [6.45, 7) is 3.04. The van der Waals surface area contributed by atoms with E-state index in [1.807, 2.05) is 0 Å². The normalized spacial score (nSPS) is 10.3. The Hall–Kier alpha value is -2.55. The molecule has 19 heavy (non-hydrogen) atoms. The van der Waals surface area contributed by atoms with Crippen LogP contribution in [0.15, 0.2) is 18.2 Å². The fourth-order valence-corrected chi connectivity index (χ4v) is 1.30. The zero-order chi connectivity index (χ0) is 14.7. The van der Waals surface area contributed by atoms with E-state index in [4.69, 9.17) is 0 Å². The van der Waals surface area contributed by atoms with E-state index in [1.165, 1.54) is 13.8 Å². The highest BCUT2D eigenvalue weighted by molar-refractivity contribution is 5.95.